The predicted molar refractivity (Wildman–Crippen MR) is 67.4 cm³/mol. The lowest BCUT2D eigenvalue weighted by Gasteiger charge is -2.06. The average Bonchev–Trinajstić information content (AvgIpc) is 2.74. The quantitative estimate of drug-likeness (QED) is 0.885. The summed E-state index contributed by atoms with van der Waals surface area (Å²) in [5.41, 5.74) is 5.69. The summed E-state index contributed by atoms with van der Waals surface area (Å²) in [7, 11) is 0. The number of alkyl halides is 3. The normalized spacial score (nSPS) is 11.1. The largest absolute Gasteiger partial charge is 0.390 e. The molecule has 0 bridgehead atoms. The van der Waals surface area contributed by atoms with Gasteiger partial charge >= 0.3 is 6.18 Å². The Morgan fingerprint density at radius 1 is 1.33 bits per heavy atom. The molecule has 0 atom stereocenters. The maximum absolute atomic E-state index is 12.1. The van der Waals surface area contributed by atoms with Gasteiger partial charge in [0.2, 0.25) is 0 Å². The molecule has 0 spiro atoms. The van der Waals surface area contributed by atoms with Crippen molar-refractivity contribution >= 4 is 11.6 Å². The van der Waals surface area contributed by atoms with Gasteiger partial charge in [0, 0.05) is 18.9 Å². The monoisotopic (exact) mass is 297 g/mol. The second kappa shape index (κ2) is 5.66. The molecule has 0 aromatic carbocycles. The third-order valence-corrected chi connectivity index (χ3v) is 2.48. The molecular weight excluding hydrogens is 287 g/mol. The van der Waals surface area contributed by atoms with Crippen molar-refractivity contribution in [3.05, 3.63) is 24.0 Å². The SMILES string of the molecule is N#Cc1c(NCCC(F)(F)F)nn(-c2ncccn2)c1N. The van der Waals surface area contributed by atoms with Gasteiger partial charge in [-0.1, -0.05) is 0 Å². The number of anilines is 2. The second-order valence-corrected chi connectivity index (χ2v) is 3.97. The molecule has 0 radical (unpaired) electrons. The maximum Gasteiger partial charge on any atom is 0.390 e. The Hall–Kier alpha value is -2.83. The fourth-order valence-electron chi connectivity index (χ4n) is 1.54. The van der Waals surface area contributed by atoms with Crippen molar-refractivity contribution in [3.8, 4) is 12.0 Å². The zero-order valence-corrected chi connectivity index (χ0v) is 10.6. The molecule has 0 fully saturated rings. The molecule has 0 saturated carbocycles. The van der Waals surface area contributed by atoms with Crippen LogP contribution in [0, 0.1) is 11.3 Å². The Labute approximate surface area is 117 Å². The predicted octanol–water partition coefficient (Wildman–Crippen LogP) is 1.48. The van der Waals surface area contributed by atoms with E-state index < -0.39 is 19.1 Å². The molecule has 21 heavy (non-hydrogen) atoms. The molecule has 0 unspecified atom stereocenters. The number of nitrogens with two attached hydrogens (primary N) is 1. The van der Waals surface area contributed by atoms with Gasteiger partial charge in [0.1, 0.15) is 11.6 Å². The van der Waals surface area contributed by atoms with Gasteiger partial charge in [-0.2, -0.15) is 23.1 Å². The smallest absolute Gasteiger partial charge is 0.382 e. The van der Waals surface area contributed by atoms with Gasteiger partial charge in [0.15, 0.2) is 11.6 Å². The highest BCUT2D eigenvalue weighted by Gasteiger charge is 2.27. The number of nitrogens with zero attached hydrogens (tertiary/aromatic N) is 5. The number of nitrogens with one attached hydrogen (secondary N) is 1. The highest BCUT2D eigenvalue weighted by molar-refractivity contribution is 5.65. The van der Waals surface area contributed by atoms with Crippen molar-refractivity contribution in [3.63, 3.8) is 0 Å². The standard InChI is InChI=1S/C11H10F3N7/c12-11(13,14)2-5-17-9-7(6-15)8(16)21(20-9)10-18-3-1-4-19-10/h1,3-4H,2,5,16H2,(H,17,20). The summed E-state index contributed by atoms with van der Waals surface area (Å²) in [5.74, 6) is 0.0419. The number of aromatic nitrogens is 4. The molecular formula is C11H10F3N7. The zero-order valence-electron chi connectivity index (χ0n) is 10.6. The third-order valence-electron chi connectivity index (χ3n) is 2.48. The highest BCUT2D eigenvalue weighted by Crippen LogP contribution is 2.24. The molecule has 0 aliphatic heterocycles. The summed E-state index contributed by atoms with van der Waals surface area (Å²) in [6.45, 7) is -0.412. The second-order valence-electron chi connectivity index (χ2n) is 3.97. The number of rotatable bonds is 4. The summed E-state index contributed by atoms with van der Waals surface area (Å²) in [6, 6.07) is 3.37. The molecule has 2 heterocycles. The topological polar surface area (TPSA) is 105 Å². The van der Waals surface area contributed by atoms with Crippen LogP contribution in [0.25, 0.3) is 5.95 Å². The fraction of sp³-hybridized carbons (Fsp3) is 0.273. The van der Waals surface area contributed by atoms with Crippen LogP contribution in [0.5, 0.6) is 0 Å². The molecule has 7 nitrogen and oxygen atoms in total. The fourth-order valence-corrected chi connectivity index (χ4v) is 1.54. The van der Waals surface area contributed by atoms with E-state index in [9.17, 15) is 13.2 Å². The molecule has 0 amide bonds. The van der Waals surface area contributed by atoms with Crippen molar-refractivity contribution in [2.75, 3.05) is 17.6 Å². The molecule has 0 aliphatic rings. The summed E-state index contributed by atoms with van der Waals surface area (Å²) in [4.78, 5) is 7.82. The molecule has 3 N–H and O–H groups in total. The van der Waals surface area contributed by atoms with Gasteiger partial charge in [-0.25, -0.2) is 9.97 Å². The van der Waals surface area contributed by atoms with Crippen LogP contribution in [0.1, 0.15) is 12.0 Å². The first-order valence-corrected chi connectivity index (χ1v) is 5.79. The van der Waals surface area contributed by atoms with E-state index >= 15 is 0 Å². The van der Waals surface area contributed by atoms with Crippen LogP contribution < -0.4 is 11.1 Å². The number of nitriles is 1. The Kier molecular flexibility index (Phi) is 3.93. The number of hydrogen-bond acceptors (Lipinski definition) is 6. The summed E-state index contributed by atoms with van der Waals surface area (Å²) < 4.78 is 37.4. The van der Waals surface area contributed by atoms with E-state index in [4.69, 9.17) is 11.0 Å². The van der Waals surface area contributed by atoms with E-state index in [2.05, 4.69) is 20.4 Å². The van der Waals surface area contributed by atoms with Gasteiger partial charge in [-0.3, -0.25) is 0 Å². The molecule has 110 valence electrons. The van der Waals surface area contributed by atoms with Crippen molar-refractivity contribution < 1.29 is 13.2 Å². The molecule has 2 aromatic rings. The van der Waals surface area contributed by atoms with E-state index in [1.165, 1.54) is 12.4 Å². The van der Waals surface area contributed by atoms with Gasteiger partial charge in [0.25, 0.3) is 5.95 Å². The van der Waals surface area contributed by atoms with Gasteiger partial charge in [-0.05, 0) is 6.07 Å². The molecule has 2 rings (SSSR count). The van der Waals surface area contributed by atoms with Crippen LogP contribution in [-0.2, 0) is 0 Å². The van der Waals surface area contributed by atoms with E-state index in [0.717, 1.165) is 4.68 Å². The van der Waals surface area contributed by atoms with E-state index in [1.807, 2.05) is 0 Å². The van der Waals surface area contributed by atoms with Crippen LogP contribution in [0.2, 0.25) is 0 Å². The first kappa shape index (κ1) is 14.6. The Balaban J connectivity index is 2.25. The van der Waals surface area contributed by atoms with E-state index in [-0.39, 0.29) is 23.1 Å². The van der Waals surface area contributed by atoms with E-state index in [1.54, 1.807) is 12.1 Å². The average molecular weight is 297 g/mol. The first-order valence-electron chi connectivity index (χ1n) is 5.79. The van der Waals surface area contributed by atoms with Crippen molar-refractivity contribution in [1.29, 1.82) is 5.26 Å². The molecule has 0 saturated heterocycles. The van der Waals surface area contributed by atoms with Crippen LogP contribution in [0.15, 0.2) is 18.5 Å². The van der Waals surface area contributed by atoms with Crippen LogP contribution in [-0.4, -0.2) is 32.5 Å². The van der Waals surface area contributed by atoms with Crippen molar-refractivity contribution in [2.24, 2.45) is 0 Å². The van der Waals surface area contributed by atoms with Crippen molar-refractivity contribution in [1.82, 2.24) is 19.7 Å². The summed E-state index contributed by atoms with van der Waals surface area (Å²) >= 11 is 0. The lowest BCUT2D eigenvalue weighted by molar-refractivity contribution is -0.131. The Bertz CT molecular complexity index is 657. The third kappa shape index (κ3) is 3.38. The van der Waals surface area contributed by atoms with Crippen LogP contribution in [0.3, 0.4) is 0 Å². The summed E-state index contributed by atoms with van der Waals surface area (Å²) in [5, 5.41) is 15.4. The lowest BCUT2D eigenvalue weighted by Crippen LogP contribution is -2.15. The van der Waals surface area contributed by atoms with Gasteiger partial charge in [0.05, 0.1) is 6.42 Å². The lowest BCUT2D eigenvalue weighted by atomic mass is 10.3. The minimum Gasteiger partial charge on any atom is -0.382 e. The van der Waals surface area contributed by atoms with E-state index in [0.29, 0.717) is 0 Å². The van der Waals surface area contributed by atoms with Gasteiger partial charge < -0.3 is 11.1 Å². The highest BCUT2D eigenvalue weighted by atomic mass is 19.4. The molecule has 10 heteroatoms. The number of nitrogen functional groups attached to an aromatic ring is 1. The van der Waals surface area contributed by atoms with Gasteiger partial charge in [-0.15, -0.1) is 5.10 Å². The van der Waals surface area contributed by atoms with Crippen LogP contribution in [0.4, 0.5) is 24.8 Å². The van der Waals surface area contributed by atoms with Crippen LogP contribution >= 0.6 is 0 Å². The Morgan fingerprint density at radius 3 is 2.57 bits per heavy atom. The minimum absolute atomic E-state index is 0.0355. The molecule has 2 aromatic heterocycles. The Morgan fingerprint density at radius 2 is 2.00 bits per heavy atom. The maximum atomic E-state index is 12.1. The number of hydrogen-bond donors (Lipinski definition) is 2. The minimum atomic E-state index is -4.30. The first-order chi connectivity index (χ1) is 9.92. The number of halogens is 3. The summed E-state index contributed by atoms with van der Waals surface area (Å²) in [6.07, 6.45) is -2.44. The van der Waals surface area contributed by atoms with Crippen molar-refractivity contribution in [2.45, 2.75) is 12.6 Å². The molecule has 0 aliphatic carbocycles. The zero-order chi connectivity index (χ0) is 15.5.